The molecule has 1 aromatic heterocycles. The molecule has 0 atom stereocenters. The molecule has 0 saturated carbocycles. The molecule has 15 heavy (non-hydrogen) atoms. The Morgan fingerprint density at radius 3 is 2.33 bits per heavy atom. The van der Waals surface area contributed by atoms with E-state index in [1.807, 2.05) is 12.4 Å². The van der Waals surface area contributed by atoms with Gasteiger partial charge in [-0.05, 0) is 12.6 Å². The number of nitrogens with zero attached hydrogens (tertiary/aromatic N) is 4. The van der Waals surface area contributed by atoms with E-state index in [4.69, 9.17) is 0 Å². The molecule has 0 radical (unpaired) electrons. The van der Waals surface area contributed by atoms with Crippen molar-refractivity contribution in [3.63, 3.8) is 0 Å². The molecule has 5 heteroatoms. The average Bonchev–Trinajstić information content (AvgIpc) is 2.30. The summed E-state index contributed by atoms with van der Waals surface area (Å²) in [5.74, 6) is 0.854. The van der Waals surface area contributed by atoms with E-state index in [-0.39, 0.29) is 0 Å². The van der Waals surface area contributed by atoms with Crippen molar-refractivity contribution in [1.29, 1.82) is 0 Å². The van der Waals surface area contributed by atoms with Gasteiger partial charge in [0.05, 0.1) is 0 Å². The second kappa shape index (κ2) is 4.90. The smallest absolute Gasteiger partial charge is 0.225 e. The van der Waals surface area contributed by atoms with Crippen LogP contribution in [0.1, 0.15) is 5.56 Å². The van der Waals surface area contributed by atoms with Crippen molar-refractivity contribution >= 4 is 21.9 Å². The van der Waals surface area contributed by atoms with Crippen molar-refractivity contribution in [2.24, 2.45) is 0 Å². The third-order valence-electron chi connectivity index (χ3n) is 2.63. The molecule has 4 nitrogen and oxygen atoms in total. The maximum atomic E-state index is 4.36. The van der Waals surface area contributed by atoms with E-state index >= 15 is 0 Å². The fraction of sp³-hybridized carbons (Fsp3) is 0.600. The van der Waals surface area contributed by atoms with Gasteiger partial charge in [0.1, 0.15) is 0 Å². The zero-order valence-electron chi connectivity index (χ0n) is 8.86. The van der Waals surface area contributed by atoms with Gasteiger partial charge in [-0.1, -0.05) is 15.9 Å². The number of rotatable bonds is 2. The van der Waals surface area contributed by atoms with E-state index in [9.17, 15) is 0 Å². The van der Waals surface area contributed by atoms with Gasteiger partial charge >= 0.3 is 0 Å². The van der Waals surface area contributed by atoms with Gasteiger partial charge in [-0.3, -0.25) is 0 Å². The normalized spacial score (nSPS) is 18.1. The predicted octanol–water partition coefficient (Wildman–Crippen LogP) is 1.12. The fourth-order valence-corrected chi connectivity index (χ4v) is 1.88. The first-order valence-electron chi connectivity index (χ1n) is 5.10. The summed E-state index contributed by atoms with van der Waals surface area (Å²) in [5, 5.41) is 0.815. The van der Waals surface area contributed by atoms with Crippen molar-refractivity contribution in [2.75, 3.05) is 38.1 Å². The monoisotopic (exact) mass is 270 g/mol. The van der Waals surface area contributed by atoms with Crippen LogP contribution in [-0.2, 0) is 5.33 Å². The van der Waals surface area contributed by atoms with Crippen LogP contribution in [0, 0.1) is 0 Å². The van der Waals surface area contributed by atoms with Crippen molar-refractivity contribution in [3.8, 4) is 0 Å². The Hall–Kier alpha value is -0.680. The van der Waals surface area contributed by atoms with E-state index in [1.54, 1.807) is 0 Å². The lowest BCUT2D eigenvalue weighted by atomic mass is 10.3. The van der Waals surface area contributed by atoms with Crippen LogP contribution in [0.25, 0.3) is 0 Å². The molecule has 2 heterocycles. The Labute approximate surface area is 98.4 Å². The summed E-state index contributed by atoms with van der Waals surface area (Å²) >= 11 is 3.39. The van der Waals surface area contributed by atoms with Gasteiger partial charge in [0, 0.05) is 43.9 Å². The highest BCUT2D eigenvalue weighted by Crippen LogP contribution is 2.11. The Balaban J connectivity index is 2.03. The number of aromatic nitrogens is 2. The molecule has 0 spiro atoms. The second-order valence-corrected chi connectivity index (χ2v) is 4.38. The summed E-state index contributed by atoms with van der Waals surface area (Å²) in [6, 6.07) is 0. The van der Waals surface area contributed by atoms with Crippen LogP contribution in [0.15, 0.2) is 12.4 Å². The summed E-state index contributed by atoms with van der Waals surface area (Å²) in [4.78, 5) is 13.3. The number of hydrogen-bond acceptors (Lipinski definition) is 4. The third kappa shape index (κ3) is 2.66. The van der Waals surface area contributed by atoms with Crippen LogP contribution in [-0.4, -0.2) is 48.1 Å². The quantitative estimate of drug-likeness (QED) is 0.755. The molecular formula is C10H15BrN4. The van der Waals surface area contributed by atoms with Crippen molar-refractivity contribution in [2.45, 2.75) is 5.33 Å². The zero-order chi connectivity index (χ0) is 10.7. The van der Waals surface area contributed by atoms with Gasteiger partial charge in [0.25, 0.3) is 0 Å². The summed E-state index contributed by atoms with van der Waals surface area (Å²) in [7, 11) is 2.14. The van der Waals surface area contributed by atoms with Gasteiger partial charge in [-0.25, -0.2) is 9.97 Å². The minimum Gasteiger partial charge on any atom is -0.338 e. The predicted molar refractivity (Wildman–Crippen MR) is 64.4 cm³/mol. The SMILES string of the molecule is CN1CCN(c2ncc(CBr)cn2)CC1. The molecule has 1 fully saturated rings. The van der Waals surface area contributed by atoms with Gasteiger partial charge in [0.2, 0.25) is 5.95 Å². The maximum absolute atomic E-state index is 4.36. The van der Waals surface area contributed by atoms with Crippen LogP contribution in [0.4, 0.5) is 5.95 Å². The minimum atomic E-state index is 0.815. The number of halogens is 1. The van der Waals surface area contributed by atoms with E-state index in [0.29, 0.717) is 0 Å². The van der Waals surface area contributed by atoms with Gasteiger partial charge in [-0.15, -0.1) is 0 Å². The summed E-state index contributed by atoms with van der Waals surface area (Å²) in [6.45, 7) is 4.21. The van der Waals surface area contributed by atoms with Crippen LogP contribution in [0.2, 0.25) is 0 Å². The lowest BCUT2D eigenvalue weighted by Crippen LogP contribution is -2.45. The Morgan fingerprint density at radius 1 is 1.20 bits per heavy atom. The third-order valence-corrected chi connectivity index (χ3v) is 3.28. The molecule has 2 rings (SSSR count). The minimum absolute atomic E-state index is 0.815. The Bertz CT molecular complexity index is 306. The first kappa shape index (κ1) is 10.8. The molecule has 0 bridgehead atoms. The first-order valence-corrected chi connectivity index (χ1v) is 6.22. The number of piperazine rings is 1. The van der Waals surface area contributed by atoms with E-state index in [1.165, 1.54) is 0 Å². The van der Waals surface area contributed by atoms with Crippen molar-refractivity contribution in [1.82, 2.24) is 14.9 Å². The number of hydrogen-bond donors (Lipinski definition) is 0. The lowest BCUT2D eigenvalue weighted by Gasteiger charge is -2.32. The number of anilines is 1. The van der Waals surface area contributed by atoms with Gasteiger partial charge in [0.15, 0.2) is 0 Å². The Kier molecular flexibility index (Phi) is 3.53. The van der Waals surface area contributed by atoms with Crippen LogP contribution in [0.3, 0.4) is 0 Å². The molecule has 1 saturated heterocycles. The van der Waals surface area contributed by atoms with Crippen molar-refractivity contribution < 1.29 is 0 Å². The van der Waals surface area contributed by atoms with Gasteiger partial charge in [-0.2, -0.15) is 0 Å². The molecule has 0 N–H and O–H groups in total. The highest BCUT2D eigenvalue weighted by atomic mass is 79.9. The standard InChI is InChI=1S/C10H15BrN4/c1-14-2-4-15(5-3-14)10-12-7-9(6-11)8-13-10/h7-8H,2-6H2,1H3. The first-order chi connectivity index (χ1) is 7.29. The molecule has 82 valence electrons. The summed E-state index contributed by atoms with van der Waals surface area (Å²) in [5.41, 5.74) is 1.12. The molecule has 0 aromatic carbocycles. The van der Waals surface area contributed by atoms with Crippen LogP contribution in [0.5, 0.6) is 0 Å². The number of alkyl halides is 1. The molecule has 0 unspecified atom stereocenters. The lowest BCUT2D eigenvalue weighted by molar-refractivity contribution is 0.311. The topological polar surface area (TPSA) is 32.3 Å². The fourth-order valence-electron chi connectivity index (χ4n) is 1.59. The second-order valence-electron chi connectivity index (χ2n) is 3.82. The van der Waals surface area contributed by atoms with Gasteiger partial charge < -0.3 is 9.80 Å². The van der Waals surface area contributed by atoms with Crippen LogP contribution < -0.4 is 4.90 Å². The highest BCUT2D eigenvalue weighted by Gasteiger charge is 2.15. The molecule has 0 aliphatic carbocycles. The average molecular weight is 271 g/mol. The molecule has 1 aliphatic heterocycles. The zero-order valence-corrected chi connectivity index (χ0v) is 10.4. The largest absolute Gasteiger partial charge is 0.338 e. The molecule has 1 aliphatic rings. The molecule has 1 aromatic rings. The van der Waals surface area contributed by atoms with E-state index in [2.05, 4.69) is 42.7 Å². The van der Waals surface area contributed by atoms with E-state index < -0.39 is 0 Å². The molecule has 0 amide bonds. The highest BCUT2D eigenvalue weighted by molar-refractivity contribution is 9.08. The summed E-state index contributed by atoms with van der Waals surface area (Å²) < 4.78 is 0. The van der Waals surface area contributed by atoms with Crippen molar-refractivity contribution in [3.05, 3.63) is 18.0 Å². The number of likely N-dealkylation sites (N-methyl/N-ethyl adjacent to an activating group) is 1. The molecular weight excluding hydrogens is 256 g/mol. The van der Waals surface area contributed by atoms with Crippen LogP contribution >= 0.6 is 15.9 Å². The van der Waals surface area contributed by atoms with E-state index in [0.717, 1.165) is 43.0 Å². The Morgan fingerprint density at radius 2 is 1.80 bits per heavy atom. The summed E-state index contributed by atoms with van der Waals surface area (Å²) in [6.07, 6.45) is 3.77. The maximum Gasteiger partial charge on any atom is 0.225 e.